The highest BCUT2D eigenvalue weighted by Gasteiger charge is 2.17. The number of benzene rings is 4. The van der Waals surface area contributed by atoms with E-state index in [-0.39, 0.29) is 0 Å². The fourth-order valence-corrected chi connectivity index (χ4v) is 4.17. The quantitative estimate of drug-likeness (QED) is 0.241. The van der Waals surface area contributed by atoms with Crippen molar-refractivity contribution < 1.29 is 14.3 Å². The Bertz CT molecular complexity index is 1330. The van der Waals surface area contributed by atoms with E-state index >= 15 is 0 Å². The first-order valence-corrected chi connectivity index (χ1v) is 12.2. The summed E-state index contributed by atoms with van der Waals surface area (Å²) in [5.74, 6) is -0.507. The molecule has 4 aromatic rings. The summed E-state index contributed by atoms with van der Waals surface area (Å²) < 4.78 is 5.36. The van der Waals surface area contributed by atoms with Crippen molar-refractivity contribution in [3.8, 4) is 5.75 Å². The summed E-state index contributed by atoms with van der Waals surface area (Å²) in [6.45, 7) is 0.617. The van der Waals surface area contributed by atoms with Gasteiger partial charge in [-0.05, 0) is 52.0 Å². The monoisotopic (exact) mass is 490 g/mol. The molecule has 0 fully saturated rings. The molecule has 0 aliphatic carbocycles. The molecule has 5 nitrogen and oxygen atoms in total. The van der Waals surface area contributed by atoms with E-state index in [0.29, 0.717) is 19.5 Å². The molecule has 4 aromatic carbocycles. The number of nitrogens with one attached hydrogen (secondary N) is 2. The van der Waals surface area contributed by atoms with Gasteiger partial charge in [-0.25, -0.2) is 0 Å². The number of ether oxygens (including phenoxy) is 1. The smallest absolute Gasteiger partial charge is 0.309 e. The summed E-state index contributed by atoms with van der Waals surface area (Å²) >= 11 is 0. The second-order valence-electron chi connectivity index (χ2n) is 8.49. The summed E-state index contributed by atoms with van der Waals surface area (Å²) in [5, 5.41) is 5.47. The standard InChI is InChI=1S/C32H30N2O3/c1-37-28-19-17-27(18-20-28)30(26-15-9-4-10-16-26)29(25-13-7-3-8-14-25)21-22-33-31(35)32(36)34-23-24-11-5-2-6-12-24/h2-20H,21-23H2,1H3,(H,33,35)(H,34,36). The Morgan fingerprint density at radius 3 is 1.73 bits per heavy atom. The molecule has 0 saturated carbocycles. The van der Waals surface area contributed by atoms with Gasteiger partial charge in [-0.15, -0.1) is 0 Å². The molecule has 0 unspecified atom stereocenters. The van der Waals surface area contributed by atoms with E-state index in [1.165, 1.54) is 0 Å². The summed E-state index contributed by atoms with van der Waals surface area (Å²) in [6, 6.07) is 37.8. The van der Waals surface area contributed by atoms with Crippen molar-refractivity contribution >= 4 is 23.0 Å². The minimum Gasteiger partial charge on any atom is -0.497 e. The number of carbonyl (C=O) groups is 2. The molecule has 0 aliphatic rings. The molecular formula is C32H30N2O3. The maximum Gasteiger partial charge on any atom is 0.309 e. The molecule has 2 amide bonds. The first-order chi connectivity index (χ1) is 18.2. The predicted octanol–water partition coefficient (Wildman–Crippen LogP) is 5.48. The van der Waals surface area contributed by atoms with Crippen molar-refractivity contribution in [2.45, 2.75) is 13.0 Å². The Labute approximate surface area is 217 Å². The van der Waals surface area contributed by atoms with Crippen LogP contribution in [0.3, 0.4) is 0 Å². The molecule has 0 aromatic heterocycles. The number of carbonyl (C=O) groups excluding carboxylic acids is 2. The Kier molecular flexibility index (Phi) is 8.87. The van der Waals surface area contributed by atoms with Crippen LogP contribution in [0.2, 0.25) is 0 Å². The van der Waals surface area contributed by atoms with Crippen molar-refractivity contribution in [1.82, 2.24) is 10.6 Å². The van der Waals surface area contributed by atoms with Crippen LogP contribution in [-0.4, -0.2) is 25.5 Å². The number of amides is 2. The van der Waals surface area contributed by atoms with Crippen LogP contribution in [0.4, 0.5) is 0 Å². The van der Waals surface area contributed by atoms with E-state index in [1.54, 1.807) is 7.11 Å². The molecule has 0 bridgehead atoms. The average Bonchev–Trinajstić information content (AvgIpc) is 2.97. The Balaban J connectivity index is 1.58. The highest BCUT2D eigenvalue weighted by molar-refractivity contribution is 6.35. The van der Waals surface area contributed by atoms with Gasteiger partial charge >= 0.3 is 11.8 Å². The van der Waals surface area contributed by atoms with Gasteiger partial charge in [-0.2, -0.15) is 0 Å². The molecule has 4 rings (SSSR count). The summed E-state index contributed by atoms with van der Waals surface area (Å²) in [4.78, 5) is 24.9. The molecule has 0 atom stereocenters. The van der Waals surface area contributed by atoms with Gasteiger partial charge in [0.05, 0.1) is 7.11 Å². The van der Waals surface area contributed by atoms with Crippen molar-refractivity contribution in [2.24, 2.45) is 0 Å². The number of hydrogen-bond donors (Lipinski definition) is 2. The molecule has 0 heterocycles. The van der Waals surface area contributed by atoms with E-state index in [9.17, 15) is 9.59 Å². The van der Waals surface area contributed by atoms with Crippen molar-refractivity contribution in [1.29, 1.82) is 0 Å². The Hall–Kier alpha value is -4.64. The van der Waals surface area contributed by atoms with Crippen LogP contribution < -0.4 is 15.4 Å². The third-order valence-electron chi connectivity index (χ3n) is 6.03. The van der Waals surface area contributed by atoms with E-state index in [2.05, 4.69) is 34.9 Å². The Morgan fingerprint density at radius 2 is 1.14 bits per heavy atom. The highest BCUT2D eigenvalue weighted by atomic mass is 16.5. The third-order valence-corrected chi connectivity index (χ3v) is 6.03. The van der Waals surface area contributed by atoms with Crippen molar-refractivity contribution in [3.63, 3.8) is 0 Å². The van der Waals surface area contributed by atoms with E-state index in [1.807, 2.05) is 91.0 Å². The fourth-order valence-electron chi connectivity index (χ4n) is 4.17. The second-order valence-corrected chi connectivity index (χ2v) is 8.49. The van der Waals surface area contributed by atoms with Crippen LogP contribution in [0, 0.1) is 0 Å². The molecule has 37 heavy (non-hydrogen) atoms. The summed E-state index contributed by atoms with van der Waals surface area (Å²) in [5.41, 5.74) is 6.24. The highest BCUT2D eigenvalue weighted by Crippen LogP contribution is 2.34. The van der Waals surface area contributed by atoms with Gasteiger partial charge in [0.25, 0.3) is 0 Å². The largest absolute Gasteiger partial charge is 0.497 e. The molecule has 0 radical (unpaired) electrons. The number of methoxy groups -OCH3 is 1. The van der Waals surface area contributed by atoms with Crippen LogP contribution in [-0.2, 0) is 16.1 Å². The molecule has 2 N–H and O–H groups in total. The lowest BCUT2D eigenvalue weighted by Crippen LogP contribution is -2.40. The van der Waals surface area contributed by atoms with Crippen LogP contribution in [0.5, 0.6) is 5.75 Å². The minimum atomic E-state index is -0.646. The van der Waals surface area contributed by atoms with Gasteiger partial charge in [-0.3, -0.25) is 9.59 Å². The molecule has 0 saturated heterocycles. The molecular weight excluding hydrogens is 460 g/mol. The number of hydrogen-bond acceptors (Lipinski definition) is 3. The van der Waals surface area contributed by atoms with Gasteiger partial charge in [0.2, 0.25) is 0 Å². The van der Waals surface area contributed by atoms with Gasteiger partial charge < -0.3 is 15.4 Å². The lowest BCUT2D eigenvalue weighted by atomic mass is 9.88. The lowest BCUT2D eigenvalue weighted by Gasteiger charge is -2.18. The van der Waals surface area contributed by atoms with Gasteiger partial charge in [0.1, 0.15) is 5.75 Å². The second kappa shape index (κ2) is 12.9. The van der Waals surface area contributed by atoms with E-state index in [0.717, 1.165) is 39.1 Å². The van der Waals surface area contributed by atoms with Gasteiger partial charge in [0, 0.05) is 13.1 Å². The van der Waals surface area contributed by atoms with Crippen LogP contribution in [0.15, 0.2) is 115 Å². The van der Waals surface area contributed by atoms with E-state index in [4.69, 9.17) is 4.74 Å². The zero-order valence-electron chi connectivity index (χ0n) is 20.8. The third kappa shape index (κ3) is 6.95. The normalized spacial score (nSPS) is 11.3. The topological polar surface area (TPSA) is 67.4 Å². The molecule has 0 aliphatic heterocycles. The van der Waals surface area contributed by atoms with Crippen LogP contribution in [0.1, 0.15) is 28.7 Å². The van der Waals surface area contributed by atoms with Crippen molar-refractivity contribution in [2.75, 3.05) is 13.7 Å². The number of rotatable bonds is 9. The first-order valence-electron chi connectivity index (χ1n) is 12.2. The molecule has 5 heteroatoms. The van der Waals surface area contributed by atoms with Crippen molar-refractivity contribution in [3.05, 3.63) is 138 Å². The maximum atomic E-state index is 12.5. The fraction of sp³-hybridized carbons (Fsp3) is 0.125. The SMILES string of the molecule is COc1ccc(C(=C(CCNC(=O)C(=O)NCc2ccccc2)c2ccccc2)c2ccccc2)cc1. The zero-order chi connectivity index (χ0) is 25.9. The Morgan fingerprint density at radius 1 is 0.622 bits per heavy atom. The maximum absolute atomic E-state index is 12.5. The van der Waals surface area contributed by atoms with Crippen LogP contribution in [0.25, 0.3) is 11.1 Å². The first kappa shape index (κ1) is 25.5. The minimum absolute atomic E-state index is 0.303. The average molecular weight is 491 g/mol. The van der Waals surface area contributed by atoms with Crippen LogP contribution >= 0.6 is 0 Å². The summed E-state index contributed by atoms with van der Waals surface area (Å²) in [7, 11) is 1.65. The molecule has 0 spiro atoms. The zero-order valence-corrected chi connectivity index (χ0v) is 20.8. The van der Waals surface area contributed by atoms with E-state index < -0.39 is 11.8 Å². The predicted molar refractivity (Wildman–Crippen MR) is 148 cm³/mol. The molecule has 186 valence electrons. The van der Waals surface area contributed by atoms with Gasteiger partial charge in [0.15, 0.2) is 0 Å². The van der Waals surface area contributed by atoms with Gasteiger partial charge in [-0.1, -0.05) is 103 Å². The summed E-state index contributed by atoms with van der Waals surface area (Å²) in [6.07, 6.45) is 0.540. The lowest BCUT2D eigenvalue weighted by molar-refractivity contribution is -0.139.